The van der Waals surface area contributed by atoms with Crippen molar-refractivity contribution in [2.75, 3.05) is 16.8 Å². The molecular formula is C20H13IrN6S-. The van der Waals surface area contributed by atoms with Crippen LogP contribution in [0.1, 0.15) is 0 Å². The van der Waals surface area contributed by atoms with Crippen molar-refractivity contribution in [2.24, 2.45) is 0 Å². The van der Waals surface area contributed by atoms with Crippen molar-refractivity contribution >= 4 is 54.9 Å². The Morgan fingerprint density at radius 1 is 1.04 bits per heavy atom. The van der Waals surface area contributed by atoms with Crippen LogP contribution < -0.4 is 9.80 Å². The molecule has 0 bridgehead atoms. The quantitative estimate of drug-likeness (QED) is 0.285. The van der Waals surface area contributed by atoms with Crippen molar-refractivity contribution in [1.29, 1.82) is 0 Å². The molecule has 5 aromatic rings. The number of para-hydroxylation sites is 2. The molecule has 6 nitrogen and oxygen atoms in total. The Balaban J connectivity index is 0.00000171. The fourth-order valence-electron chi connectivity index (χ4n) is 3.65. The van der Waals surface area contributed by atoms with E-state index in [4.69, 9.17) is 4.98 Å². The molecule has 1 aliphatic heterocycles. The minimum absolute atomic E-state index is 0. The zero-order valence-electron chi connectivity index (χ0n) is 14.8. The number of thiazole rings is 1. The Morgan fingerprint density at radius 2 is 1.82 bits per heavy atom. The first-order chi connectivity index (χ1) is 13.2. The van der Waals surface area contributed by atoms with Gasteiger partial charge in [0.15, 0.2) is 16.6 Å². The van der Waals surface area contributed by atoms with E-state index in [1.54, 1.807) is 23.7 Å². The van der Waals surface area contributed by atoms with Gasteiger partial charge in [-0.1, -0.05) is 18.7 Å². The van der Waals surface area contributed by atoms with Crippen LogP contribution in [0.2, 0.25) is 0 Å². The summed E-state index contributed by atoms with van der Waals surface area (Å²) in [6.07, 6.45) is 3.40. The van der Waals surface area contributed by atoms with Crippen molar-refractivity contribution in [1.82, 2.24) is 19.4 Å². The molecule has 0 amide bonds. The van der Waals surface area contributed by atoms with E-state index >= 15 is 0 Å². The van der Waals surface area contributed by atoms with Crippen molar-refractivity contribution in [3.8, 4) is 0 Å². The fourth-order valence-corrected chi connectivity index (χ4v) is 4.77. The van der Waals surface area contributed by atoms with Gasteiger partial charge in [0.25, 0.3) is 0 Å². The van der Waals surface area contributed by atoms with E-state index in [2.05, 4.69) is 39.1 Å². The molecule has 139 valence electrons. The topological polar surface area (TPSA) is 49.6 Å². The molecule has 0 N–H and O–H groups in total. The molecule has 8 heteroatoms. The summed E-state index contributed by atoms with van der Waals surface area (Å²) in [6.45, 7) is 4.24. The summed E-state index contributed by atoms with van der Waals surface area (Å²) < 4.78 is 3.30. The van der Waals surface area contributed by atoms with Gasteiger partial charge in [0.05, 0.1) is 11.0 Å². The molecule has 2 aromatic carbocycles. The number of rotatable bonds is 1. The Kier molecular flexibility index (Phi) is 3.77. The molecule has 3 aromatic heterocycles. The van der Waals surface area contributed by atoms with E-state index in [9.17, 15) is 0 Å². The molecule has 0 saturated carbocycles. The zero-order valence-corrected chi connectivity index (χ0v) is 18.0. The smallest absolute Gasteiger partial charge is 0.181 e. The molecule has 0 aliphatic carbocycles. The van der Waals surface area contributed by atoms with Crippen LogP contribution in [0, 0.1) is 6.07 Å². The second kappa shape index (κ2) is 6.10. The number of hydrogen-bond acceptors (Lipinski definition) is 6. The number of fused-ring (bicyclic) bond motifs is 6. The maximum atomic E-state index is 4.79. The molecule has 1 radical (unpaired) electrons. The standard InChI is InChI=1S/C20H13N6S.Ir/c1-12-24(2)18-19(22-11-10-21-18)25(12)15-8-5-9-16-17(15)27-20-23-13-6-3-4-7-14(13)26(16)20;/h3-7,9-11H,1H2,2H3;/q-1;. The normalized spacial score (nSPS) is 13.5. The van der Waals surface area contributed by atoms with Gasteiger partial charge in [-0.2, -0.15) is 23.5 Å². The number of imidazole rings is 1. The predicted molar refractivity (Wildman–Crippen MR) is 109 cm³/mol. The molecule has 4 heterocycles. The van der Waals surface area contributed by atoms with Gasteiger partial charge in [0, 0.05) is 39.5 Å². The summed E-state index contributed by atoms with van der Waals surface area (Å²) in [6, 6.07) is 15.6. The second-order valence-electron chi connectivity index (χ2n) is 6.38. The van der Waals surface area contributed by atoms with Gasteiger partial charge >= 0.3 is 0 Å². The minimum atomic E-state index is 0. The largest absolute Gasteiger partial charge is 0.313 e. The second-order valence-corrected chi connectivity index (χ2v) is 7.35. The third-order valence-electron chi connectivity index (χ3n) is 4.93. The first-order valence-corrected chi connectivity index (χ1v) is 9.30. The van der Waals surface area contributed by atoms with Crippen molar-refractivity contribution in [2.45, 2.75) is 0 Å². The maximum absolute atomic E-state index is 4.79. The monoisotopic (exact) mass is 562 g/mol. The average Bonchev–Trinajstić information content (AvgIpc) is 3.31. The van der Waals surface area contributed by atoms with Crippen LogP contribution in [0.3, 0.4) is 0 Å². The van der Waals surface area contributed by atoms with Crippen LogP contribution in [-0.2, 0) is 20.1 Å². The summed E-state index contributed by atoms with van der Waals surface area (Å²) in [7, 11) is 1.95. The molecule has 0 spiro atoms. The van der Waals surface area contributed by atoms with Gasteiger partial charge in [0.2, 0.25) is 0 Å². The fraction of sp³-hybridized carbons (Fsp3) is 0.0500. The van der Waals surface area contributed by atoms with Gasteiger partial charge in [-0.05, 0) is 28.0 Å². The van der Waals surface area contributed by atoms with Gasteiger partial charge in [-0.3, -0.25) is 0 Å². The van der Waals surface area contributed by atoms with Gasteiger partial charge in [0.1, 0.15) is 5.82 Å². The molecular weight excluding hydrogens is 549 g/mol. The summed E-state index contributed by atoms with van der Waals surface area (Å²) >= 11 is 1.65. The molecule has 0 fully saturated rings. The zero-order chi connectivity index (χ0) is 18.1. The van der Waals surface area contributed by atoms with E-state index in [0.29, 0.717) is 0 Å². The van der Waals surface area contributed by atoms with Crippen molar-refractivity contribution in [3.05, 3.63) is 67.3 Å². The van der Waals surface area contributed by atoms with E-state index in [1.807, 2.05) is 41.1 Å². The summed E-state index contributed by atoms with van der Waals surface area (Å²) in [5, 5.41) is 0. The van der Waals surface area contributed by atoms with E-state index < -0.39 is 0 Å². The molecule has 0 unspecified atom stereocenters. The number of aromatic nitrogens is 4. The Bertz CT molecular complexity index is 1390. The van der Waals surface area contributed by atoms with Crippen LogP contribution in [-0.4, -0.2) is 26.4 Å². The van der Waals surface area contributed by atoms with Crippen LogP contribution in [0.15, 0.2) is 61.2 Å². The Morgan fingerprint density at radius 3 is 2.68 bits per heavy atom. The molecule has 1 aliphatic rings. The number of nitrogens with zero attached hydrogens (tertiary/aromatic N) is 6. The molecule has 0 atom stereocenters. The van der Waals surface area contributed by atoms with Gasteiger partial charge in [-0.15, -0.1) is 6.07 Å². The third-order valence-corrected chi connectivity index (χ3v) is 5.99. The third kappa shape index (κ3) is 2.13. The molecule has 28 heavy (non-hydrogen) atoms. The van der Waals surface area contributed by atoms with Gasteiger partial charge in [-0.25, -0.2) is 15.0 Å². The SMILES string of the molecule is C=C1N(C)c2nccnc2N1c1[c-]ccc2c1sc1nc3ccccc3n12.[Ir]. The van der Waals surface area contributed by atoms with Crippen LogP contribution in [0.25, 0.3) is 26.2 Å². The van der Waals surface area contributed by atoms with E-state index in [-0.39, 0.29) is 20.1 Å². The van der Waals surface area contributed by atoms with Crippen molar-refractivity contribution in [3.63, 3.8) is 0 Å². The van der Waals surface area contributed by atoms with Crippen LogP contribution >= 0.6 is 11.3 Å². The number of benzene rings is 2. The van der Waals surface area contributed by atoms with Crippen LogP contribution in [0.4, 0.5) is 17.3 Å². The molecule has 0 saturated heterocycles. The average molecular weight is 562 g/mol. The predicted octanol–water partition coefficient (Wildman–Crippen LogP) is 4.35. The minimum Gasteiger partial charge on any atom is -0.313 e. The summed E-state index contributed by atoms with van der Waals surface area (Å²) in [4.78, 5) is 18.7. The summed E-state index contributed by atoms with van der Waals surface area (Å²) in [5.41, 5.74) is 4.13. The summed E-state index contributed by atoms with van der Waals surface area (Å²) in [5.74, 6) is 2.36. The Hall–Kier alpha value is -2.80. The van der Waals surface area contributed by atoms with E-state index in [1.165, 1.54) is 0 Å². The number of hydrogen-bond donors (Lipinski definition) is 0. The first kappa shape index (κ1) is 17.3. The van der Waals surface area contributed by atoms with Gasteiger partial charge < -0.3 is 14.2 Å². The van der Waals surface area contributed by atoms with E-state index in [0.717, 1.165) is 49.4 Å². The molecule has 6 rings (SSSR count). The maximum Gasteiger partial charge on any atom is 0.181 e. The number of anilines is 3. The van der Waals surface area contributed by atoms with Crippen molar-refractivity contribution < 1.29 is 20.1 Å². The first-order valence-electron chi connectivity index (χ1n) is 8.48. The Labute approximate surface area is 178 Å². The van der Waals surface area contributed by atoms with Crippen LogP contribution in [0.5, 0.6) is 0 Å².